The largest absolute Gasteiger partial charge is 0.463 e. The van der Waals surface area contributed by atoms with Crippen LogP contribution in [0.25, 0.3) is 0 Å². The van der Waals surface area contributed by atoms with Crippen LogP contribution in [-0.2, 0) is 14.3 Å². The summed E-state index contributed by atoms with van der Waals surface area (Å²) in [5.41, 5.74) is -0.0702. The number of para-hydroxylation sites is 2. The first-order valence-corrected chi connectivity index (χ1v) is 6.97. The molecule has 22 heavy (non-hydrogen) atoms. The number of nitrogens with zero attached hydrogens (tertiary/aromatic N) is 2. The van der Waals surface area contributed by atoms with Crippen LogP contribution in [0.5, 0.6) is 0 Å². The number of esters is 1. The lowest BCUT2D eigenvalue weighted by Crippen LogP contribution is -2.50. The first kappa shape index (κ1) is 15.9. The number of anilines is 1. The van der Waals surface area contributed by atoms with E-state index in [0.717, 1.165) is 0 Å². The summed E-state index contributed by atoms with van der Waals surface area (Å²) in [4.78, 5) is 36.1. The maximum Gasteiger partial charge on any atom is 0.323 e. The van der Waals surface area contributed by atoms with Crippen LogP contribution in [0.3, 0.4) is 0 Å². The molecule has 1 saturated heterocycles. The van der Waals surface area contributed by atoms with Crippen LogP contribution in [0.1, 0.15) is 13.3 Å². The van der Waals surface area contributed by atoms with E-state index < -0.39 is 22.8 Å². The molecule has 1 heterocycles. The van der Waals surface area contributed by atoms with Crippen molar-refractivity contribution in [2.45, 2.75) is 19.4 Å². The Morgan fingerprint density at radius 3 is 2.91 bits per heavy atom. The normalized spacial score (nSPS) is 18.6. The second-order valence-electron chi connectivity index (χ2n) is 4.84. The summed E-state index contributed by atoms with van der Waals surface area (Å²) < 4.78 is 4.97. The molecule has 0 aliphatic carbocycles. The molecule has 118 valence electrons. The molecule has 8 nitrogen and oxygen atoms in total. The number of likely N-dealkylation sites (N-methyl/N-ethyl adjacent to an activating group) is 1. The highest BCUT2D eigenvalue weighted by Crippen LogP contribution is 2.23. The van der Waals surface area contributed by atoms with Crippen molar-refractivity contribution in [2.75, 3.05) is 25.0 Å². The third-order valence-corrected chi connectivity index (χ3v) is 3.50. The topological polar surface area (TPSA) is 102 Å². The second-order valence-corrected chi connectivity index (χ2v) is 4.84. The molecule has 1 aliphatic heterocycles. The summed E-state index contributed by atoms with van der Waals surface area (Å²) in [6.45, 7) is 3.41. The average molecular weight is 307 g/mol. The van der Waals surface area contributed by atoms with E-state index in [0.29, 0.717) is 19.7 Å². The number of rotatable bonds is 5. The van der Waals surface area contributed by atoms with Crippen molar-refractivity contribution in [3.8, 4) is 0 Å². The summed E-state index contributed by atoms with van der Waals surface area (Å²) in [6.07, 6.45) is -0.0985. The van der Waals surface area contributed by atoms with E-state index in [1.54, 1.807) is 6.07 Å². The first-order chi connectivity index (χ1) is 10.5. The Morgan fingerprint density at radius 1 is 1.50 bits per heavy atom. The van der Waals surface area contributed by atoms with Crippen molar-refractivity contribution in [1.82, 2.24) is 4.90 Å². The van der Waals surface area contributed by atoms with Gasteiger partial charge in [-0.15, -0.1) is 0 Å². The number of morpholine rings is 1. The van der Waals surface area contributed by atoms with Crippen LogP contribution in [0.2, 0.25) is 0 Å². The Kier molecular flexibility index (Phi) is 5.05. The van der Waals surface area contributed by atoms with Gasteiger partial charge in [0.15, 0.2) is 0 Å². The molecule has 0 unspecified atom stereocenters. The minimum absolute atomic E-state index is 0.0985. The van der Waals surface area contributed by atoms with Gasteiger partial charge in [-0.2, -0.15) is 0 Å². The quantitative estimate of drug-likeness (QED) is 0.498. The van der Waals surface area contributed by atoms with Crippen molar-refractivity contribution in [3.05, 3.63) is 34.4 Å². The fourth-order valence-electron chi connectivity index (χ4n) is 2.37. The lowest BCUT2D eigenvalue weighted by atomic mass is 10.1. The van der Waals surface area contributed by atoms with Crippen molar-refractivity contribution >= 4 is 23.3 Å². The van der Waals surface area contributed by atoms with Crippen molar-refractivity contribution in [3.63, 3.8) is 0 Å². The van der Waals surface area contributed by atoms with Crippen LogP contribution in [-0.4, -0.2) is 47.4 Å². The fourth-order valence-corrected chi connectivity index (χ4v) is 2.37. The average Bonchev–Trinajstić information content (AvgIpc) is 2.49. The Labute approximate surface area is 127 Å². The lowest BCUT2D eigenvalue weighted by molar-refractivity contribution is -0.383. The molecule has 0 bridgehead atoms. The van der Waals surface area contributed by atoms with Crippen LogP contribution in [0.15, 0.2) is 24.3 Å². The van der Waals surface area contributed by atoms with E-state index >= 15 is 0 Å². The number of cyclic esters (lactones) is 1. The number of hydrogen-bond acceptors (Lipinski definition) is 6. The van der Waals surface area contributed by atoms with Gasteiger partial charge in [-0.05, 0) is 12.6 Å². The van der Waals surface area contributed by atoms with Gasteiger partial charge in [0.05, 0.1) is 11.3 Å². The molecule has 1 aliphatic rings. The van der Waals surface area contributed by atoms with Gasteiger partial charge in [0, 0.05) is 12.6 Å². The maximum absolute atomic E-state index is 12.1. The summed E-state index contributed by atoms with van der Waals surface area (Å²) >= 11 is 0. The highest BCUT2D eigenvalue weighted by Gasteiger charge is 2.32. The molecule has 2 rings (SSSR count). The predicted octanol–water partition coefficient (Wildman–Crippen LogP) is 1.17. The molecule has 1 amide bonds. The number of nitro groups is 1. The smallest absolute Gasteiger partial charge is 0.323 e. The van der Waals surface area contributed by atoms with Gasteiger partial charge in [-0.1, -0.05) is 19.1 Å². The van der Waals surface area contributed by atoms with Crippen LogP contribution < -0.4 is 5.32 Å². The molecule has 0 radical (unpaired) electrons. The third kappa shape index (κ3) is 3.59. The molecule has 1 aromatic rings. The minimum atomic E-state index is -0.651. The van der Waals surface area contributed by atoms with Gasteiger partial charge >= 0.3 is 5.97 Å². The zero-order chi connectivity index (χ0) is 16.1. The zero-order valence-electron chi connectivity index (χ0n) is 12.2. The number of nitrogens with one attached hydrogen (secondary N) is 1. The number of benzene rings is 1. The Morgan fingerprint density at radius 2 is 2.23 bits per heavy atom. The minimum Gasteiger partial charge on any atom is -0.463 e. The van der Waals surface area contributed by atoms with Gasteiger partial charge in [0.1, 0.15) is 18.3 Å². The van der Waals surface area contributed by atoms with E-state index in [-0.39, 0.29) is 17.8 Å². The highest BCUT2D eigenvalue weighted by atomic mass is 16.6. The fraction of sp³-hybridized carbons (Fsp3) is 0.429. The van der Waals surface area contributed by atoms with Gasteiger partial charge in [0.25, 0.3) is 5.69 Å². The van der Waals surface area contributed by atoms with Crippen molar-refractivity contribution < 1.29 is 19.2 Å². The van der Waals surface area contributed by atoms with Gasteiger partial charge in [-0.3, -0.25) is 24.6 Å². The van der Waals surface area contributed by atoms with E-state index in [4.69, 9.17) is 4.74 Å². The molecule has 1 N–H and O–H groups in total. The molecule has 0 saturated carbocycles. The SMILES string of the molecule is CCN1CCOC(=O)[C@H]1CC(=O)Nc1ccccc1[N+](=O)[O-]. The number of ether oxygens (including phenoxy) is 1. The monoisotopic (exact) mass is 307 g/mol. The number of carbonyl (C=O) groups excluding carboxylic acids is 2. The summed E-state index contributed by atoms with van der Waals surface area (Å²) in [5, 5.41) is 13.4. The first-order valence-electron chi connectivity index (χ1n) is 6.97. The van der Waals surface area contributed by atoms with Crippen LogP contribution in [0, 0.1) is 10.1 Å². The van der Waals surface area contributed by atoms with E-state index in [2.05, 4.69) is 5.32 Å². The zero-order valence-corrected chi connectivity index (χ0v) is 12.2. The molecule has 8 heteroatoms. The summed E-state index contributed by atoms with van der Waals surface area (Å²) in [7, 11) is 0. The van der Waals surface area contributed by atoms with Gasteiger partial charge in [0.2, 0.25) is 5.91 Å². The van der Waals surface area contributed by atoms with Gasteiger partial charge < -0.3 is 10.1 Å². The standard InChI is InChI=1S/C14H17N3O5/c1-2-16-7-8-22-14(19)12(16)9-13(18)15-10-5-3-4-6-11(10)17(20)21/h3-6,12H,2,7-9H2,1H3,(H,15,18)/t12-/m1/s1. The molecule has 0 aromatic heterocycles. The van der Waals surface area contributed by atoms with Gasteiger partial charge in [-0.25, -0.2) is 0 Å². The summed E-state index contributed by atoms with van der Waals surface area (Å²) in [5.74, 6) is -0.901. The third-order valence-electron chi connectivity index (χ3n) is 3.50. The maximum atomic E-state index is 12.1. The van der Waals surface area contributed by atoms with E-state index in [1.165, 1.54) is 18.2 Å². The summed E-state index contributed by atoms with van der Waals surface area (Å²) in [6, 6.07) is 5.22. The Hall–Kier alpha value is -2.48. The Bertz CT molecular complexity index is 590. The van der Waals surface area contributed by atoms with Crippen molar-refractivity contribution in [2.24, 2.45) is 0 Å². The van der Waals surface area contributed by atoms with E-state index in [9.17, 15) is 19.7 Å². The molecular formula is C14H17N3O5. The molecule has 1 aromatic carbocycles. The highest BCUT2D eigenvalue weighted by molar-refractivity contribution is 5.96. The molecule has 1 atom stereocenters. The number of nitro benzene ring substituents is 1. The molecule has 1 fully saturated rings. The Balaban J connectivity index is 2.06. The van der Waals surface area contributed by atoms with E-state index in [1.807, 2.05) is 11.8 Å². The molecule has 0 spiro atoms. The molecular weight excluding hydrogens is 290 g/mol. The second kappa shape index (κ2) is 6.99. The van der Waals surface area contributed by atoms with Crippen LogP contribution >= 0.6 is 0 Å². The van der Waals surface area contributed by atoms with Crippen LogP contribution in [0.4, 0.5) is 11.4 Å². The lowest BCUT2D eigenvalue weighted by Gasteiger charge is -2.32. The number of carbonyl (C=O) groups is 2. The number of amides is 1. The van der Waals surface area contributed by atoms with Crippen molar-refractivity contribution in [1.29, 1.82) is 0 Å². The predicted molar refractivity (Wildman–Crippen MR) is 78.3 cm³/mol. The number of hydrogen-bond donors (Lipinski definition) is 1.